The molecule has 0 saturated carbocycles. The van der Waals surface area contributed by atoms with Crippen LogP contribution in [0.3, 0.4) is 0 Å². The molecule has 2 aromatic carbocycles. The van der Waals surface area contributed by atoms with Crippen LogP contribution < -0.4 is 16.4 Å². The highest BCUT2D eigenvalue weighted by molar-refractivity contribution is 5.93. The van der Waals surface area contributed by atoms with Crippen LogP contribution in [0.5, 0.6) is 0 Å². The minimum atomic E-state index is -0.562. The molecule has 0 bridgehead atoms. The summed E-state index contributed by atoms with van der Waals surface area (Å²) >= 11 is 0. The highest BCUT2D eigenvalue weighted by Crippen LogP contribution is 2.33. The van der Waals surface area contributed by atoms with Gasteiger partial charge in [0.15, 0.2) is 0 Å². The largest absolute Gasteiger partial charge is 0.384 e. The van der Waals surface area contributed by atoms with Gasteiger partial charge in [0.2, 0.25) is 5.91 Å². The first kappa shape index (κ1) is 21.5. The summed E-state index contributed by atoms with van der Waals surface area (Å²) in [5.74, 6) is -0.105. The Hall–Kier alpha value is -3.38. The Balaban J connectivity index is 1.15. The third kappa shape index (κ3) is 4.57. The number of nitrogens with zero attached hydrogens (tertiary/aromatic N) is 1. The van der Waals surface area contributed by atoms with Gasteiger partial charge in [-0.3, -0.25) is 9.78 Å². The SMILES string of the molecule is N[C@@H](Cc1c[nH]c2ccccc12)C(=O)NCCCNc1c2c(nc3ccccc13)CCCC2. The van der Waals surface area contributed by atoms with Crippen molar-refractivity contribution in [3.05, 3.63) is 71.5 Å². The van der Waals surface area contributed by atoms with E-state index >= 15 is 0 Å². The van der Waals surface area contributed by atoms with E-state index in [0.717, 1.165) is 47.8 Å². The molecule has 0 aliphatic heterocycles. The summed E-state index contributed by atoms with van der Waals surface area (Å²) in [4.78, 5) is 20.7. The van der Waals surface area contributed by atoms with Crippen molar-refractivity contribution in [2.45, 2.75) is 44.6 Å². The number of fused-ring (bicyclic) bond motifs is 3. The number of carbonyl (C=O) groups excluding carboxylic acids is 1. The smallest absolute Gasteiger partial charge is 0.237 e. The van der Waals surface area contributed by atoms with Gasteiger partial charge in [-0.2, -0.15) is 0 Å². The van der Waals surface area contributed by atoms with Gasteiger partial charge in [0.25, 0.3) is 0 Å². The second-order valence-corrected chi connectivity index (χ2v) is 8.88. The monoisotopic (exact) mass is 441 g/mol. The van der Waals surface area contributed by atoms with Crippen LogP contribution in [0.25, 0.3) is 21.8 Å². The predicted octanol–water partition coefficient (Wildman–Crippen LogP) is 4.08. The Morgan fingerprint density at radius 3 is 2.73 bits per heavy atom. The van der Waals surface area contributed by atoms with E-state index in [1.54, 1.807) is 0 Å². The number of hydrogen-bond acceptors (Lipinski definition) is 4. The number of aromatic nitrogens is 2. The molecule has 1 atom stereocenters. The van der Waals surface area contributed by atoms with E-state index < -0.39 is 6.04 Å². The number of aryl methyl sites for hydroxylation is 1. The third-order valence-corrected chi connectivity index (χ3v) is 6.58. The van der Waals surface area contributed by atoms with E-state index in [9.17, 15) is 4.79 Å². The second-order valence-electron chi connectivity index (χ2n) is 8.88. The van der Waals surface area contributed by atoms with Crippen LogP contribution in [0.4, 0.5) is 5.69 Å². The first-order valence-electron chi connectivity index (χ1n) is 11.9. The number of anilines is 1. The van der Waals surface area contributed by atoms with E-state index in [-0.39, 0.29) is 5.91 Å². The molecule has 0 fully saturated rings. The van der Waals surface area contributed by atoms with Gasteiger partial charge >= 0.3 is 0 Å². The highest BCUT2D eigenvalue weighted by atomic mass is 16.2. The van der Waals surface area contributed by atoms with Gasteiger partial charge in [-0.05, 0) is 61.8 Å². The number of H-pyrrole nitrogens is 1. The van der Waals surface area contributed by atoms with Crippen LogP contribution in [0.1, 0.15) is 36.1 Å². The number of para-hydroxylation sites is 2. The average Bonchev–Trinajstić information content (AvgIpc) is 3.25. The van der Waals surface area contributed by atoms with E-state index in [0.29, 0.717) is 13.0 Å². The molecule has 5 rings (SSSR count). The summed E-state index contributed by atoms with van der Waals surface area (Å²) in [5.41, 5.74) is 13.2. The Labute approximate surface area is 194 Å². The van der Waals surface area contributed by atoms with Crippen molar-refractivity contribution in [1.29, 1.82) is 0 Å². The van der Waals surface area contributed by atoms with Crippen molar-refractivity contribution < 1.29 is 4.79 Å². The number of carbonyl (C=O) groups is 1. The quantitative estimate of drug-likeness (QED) is 0.310. The maximum atomic E-state index is 12.5. The van der Waals surface area contributed by atoms with Gasteiger partial charge in [-0.25, -0.2) is 0 Å². The Morgan fingerprint density at radius 1 is 1.03 bits per heavy atom. The first-order chi connectivity index (χ1) is 16.2. The van der Waals surface area contributed by atoms with Crippen LogP contribution in [0.2, 0.25) is 0 Å². The zero-order valence-corrected chi connectivity index (χ0v) is 18.9. The lowest BCUT2D eigenvalue weighted by molar-refractivity contribution is -0.122. The number of benzene rings is 2. The molecular formula is C27H31N5O. The number of rotatable bonds is 8. The fourth-order valence-corrected chi connectivity index (χ4v) is 4.85. The molecule has 0 radical (unpaired) electrons. The molecule has 170 valence electrons. The number of nitrogens with two attached hydrogens (primary N) is 1. The molecule has 0 spiro atoms. The zero-order valence-electron chi connectivity index (χ0n) is 18.9. The highest BCUT2D eigenvalue weighted by Gasteiger charge is 2.18. The summed E-state index contributed by atoms with van der Waals surface area (Å²) < 4.78 is 0. The molecule has 1 aliphatic rings. The van der Waals surface area contributed by atoms with Crippen molar-refractivity contribution in [2.75, 3.05) is 18.4 Å². The number of amides is 1. The minimum absolute atomic E-state index is 0.105. The van der Waals surface area contributed by atoms with Gasteiger partial charge < -0.3 is 21.4 Å². The minimum Gasteiger partial charge on any atom is -0.384 e. The van der Waals surface area contributed by atoms with Crippen LogP contribution in [0, 0.1) is 0 Å². The van der Waals surface area contributed by atoms with Crippen LogP contribution in [0.15, 0.2) is 54.7 Å². The molecule has 6 nitrogen and oxygen atoms in total. The number of hydrogen-bond donors (Lipinski definition) is 4. The van der Waals surface area contributed by atoms with Crippen LogP contribution in [-0.2, 0) is 24.1 Å². The maximum Gasteiger partial charge on any atom is 0.237 e. The Morgan fingerprint density at radius 2 is 1.82 bits per heavy atom. The van der Waals surface area contributed by atoms with Crippen LogP contribution in [-0.4, -0.2) is 35.0 Å². The summed E-state index contributed by atoms with van der Waals surface area (Å²) in [6.45, 7) is 1.39. The van der Waals surface area contributed by atoms with Gasteiger partial charge in [0.1, 0.15) is 0 Å². The van der Waals surface area contributed by atoms with E-state index in [1.807, 2.05) is 30.5 Å². The molecule has 0 saturated heterocycles. The van der Waals surface area contributed by atoms with Crippen molar-refractivity contribution in [3.63, 3.8) is 0 Å². The Kier molecular flexibility index (Phi) is 6.26. The summed E-state index contributed by atoms with van der Waals surface area (Å²) in [7, 11) is 0. The molecule has 4 aromatic rings. The van der Waals surface area contributed by atoms with Gasteiger partial charge in [0.05, 0.1) is 11.6 Å². The third-order valence-electron chi connectivity index (χ3n) is 6.58. The molecule has 2 aromatic heterocycles. The fourth-order valence-electron chi connectivity index (χ4n) is 4.85. The average molecular weight is 442 g/mol. The van der Waals surface area contributed by atoms with Crippen LogP contribution >= 0.6 is 0 Å². The van der Waals surface area contributed by atoms with Crippen molar-refractivity contribution in [1.82, 2.24) is 15.3 Å². The lowest BCUT2D eigenvalue weighted by Gasteiger charge is -2.21. The molecule has 33 heavy (non-hydrogen) atoms. The van der Waals surface area contributed by atoms with Crippen molar-refractivity contribution in [2.24, 2.45) is 5.73 Å². The second kappa shape index (κ2) is 9.63. The summed E-state index contributed by atoms with van der Waals surface area (Å²) in [6.07, 6.45) is 7.85. The van der Waals surface area contributed by atoms with E-state index in [4.69, 9.17) is 10.7 Å². The molecule has 2 heterocycles. The summed E-state index contributed by atoms with van der Waals surface area (Å²) in [5, 5.41) is 8.96. The topological polar surface area (TPSA) is 95.8 Å². The van der Waals surface area contributed by atoms with Crippen molar-refractivity contribution in [3.8, 4) is 0 Å². The lowest BCUT2D eigenvalue weighted by atomic mass is 9.92. The maximum absolute atomic E-state index is 12.5. The predicted molar refractivity (Wildman–Crippen MR) is 134 cm³/mol. The molecule has 6 heteroatoms. The number of aromatic amines is 1. The fraction of sp³-hybridized carbons (Fsp3) is 0.333. The van der Waals surface area contributed by atoms with Gasteiger partial charge in [0, 0.05) is 47.0 Å². The standard InChI is InChI=1S/C27H31N5O/c28-22(16-18-17-31-23-11-4-1-8-19(18)23)27(33)30-15-7-14-29-26-20-9-2-5-12-24(20)32-25-13-6-3-10-21(25)26/h1-2,4-5,8-9,11-12,17,22,31H,3,6-7,10,13-16,28H2,(H,29,32)(H,30,33)/t22-/m0/s1. The number of nitrogens with one attached hydrogen (secondary N) is 3. The lowest BCUT2D eigenvalue weighted by Crippen LogP contribution is -2.42. The van der Waals surface area contributed by atoms with Gasteiger partial charge in [-0.1, -0.05) is 36.4 Å². The molecule has 1 aliphatic carbocycles. The van der Waals surface area contributed by atoms with E-state index in [1.165, 1.54) is 35.2 Å². The molecule has 5 N–H and O–H groups in total. The normalized spacial score (nSPS) is 14.2. The number of pyridine rings is 1. The van der Waals surface area contributed by atoms with Crippen molar-refractivity contribution >= 4 is 33.4 Å². The zero-order chi connectivity index (χ0) is 22.6. The molecule has 0 unspecified atom stereocenters. The Bertz CT molecular complexity index is 1280. The summed E-state index contributed by atoms with van der Waals surface area (Å²) in [6, 6.07) is 15.9. The van der Waals surface area contributed by atoms with E-state index in [2.05, 4.69) is 39.9 Å². The molecule has 1 amide bonds. The molecular weight excluding hydrogens is 410 g/mol. The van der Waals surface area contributed by atoms with Gasteiger partial charge in [-0.15, -0.1) is 0 Å². The first-order valence-corrected chi connectivity index (χ1v) is 11.9.